The van der Waals surface area contributed by atoms with E-state index in [-0.39, 0.29) is 0 Å². The summed E-state index contributed by atoms with van der Waals surface area (Å²) in [5.41, 5.74) is 11.5. The van der Waals surface area contributed by atoms with Crippen LogP contribution < -0.4 is 0 Å². The van der Waals surface area contributed by atoms with Crippen LogP contribution in [0.2, 0.25) is 0 Å². The van der Waals surface area contributed by atoms with E-state index in [9.17, 15) is 0 Å². The van der Waals surface area contributed by atoms with Crippen molar-refractivity contribution in [3.8, 4) is 67.5 Å². The third-order valence-corrected chi connectivity index (χ3v) is 11.9. The topological polar surface area (TPSA) is 51.8 Å². The Kier molecular flexibility index (Phi) is 8.13. The van der Waals surface area contributed by atoms with Crippen LogP contribution in [-0.4, -0.2) is 15.0 Å². The number of benzene rings is 10. The van der Waals surface area contributed by atoms with Gasteiger partial charge in [-0.25, -0.2) is 15.0 Å². The first-order valence-electron chi connectivity index (χ1n) is 20.6. The molecule has 0 atom stereocenters. The summed E-state index contributed by atoms with van der Waals surface area (Å²) in [4.78, 5) is 15.2. The van der Waals surface area contributed by atoms with E-state index in [1.807, 2.05) is 60.7 Å². The second-order valence-corrected chi connectivity index (χ2v) is 15.5. The summed E-state index contributed by atoms with van der Waals surface area (Å²) >= 11 is 0. The summed E-state index contributed by atoms with van der Waals surface area (Å²) in [5.74, 6) is 1.78. The highest BCUT2D eigenvalue weighted by atomic mass is 16.3. The van der Waals surface area contributed by atoms with E-state index in [4.69, 9.17) is 19.4 Å². The largest absolute Gasteiger partial charge is 0.455 e. The van der Waals surface area contributed by atoms with Gasteiger partial charge in [-0.3, -0.25) is 0 Å². The molecule has 0 N–H and O–H groups in total. The van der Waals surface area contributed by atoms with Gasteiger partial charge in [-0.1, -0.05) is 188 Å². The van der Waals surface area contributed by atoms with Crippen molar-refractivity contribution in [1.82, 2.24) is 15.0 Å². The minimum Gasteiger partial charge on any atom is -0.455 e. The minimum absolute atomic E-state index is 0.567. The molecule has 61 heavy (non-hydrogen) atoms. The maximum Gasteiger partial charge on any atom is 0.167 e. The first kappa shape index (κ1) is 34.8. The number of hydrogen-bond donors (Lipinski definition) is 0. The van der Waals surface area contributed by atoms with Gasteiger partial charge in [0.05, 0.1) is 5.56 Å². The van der Waals surface area contributed by atoms with Crippen LogP contribution in [0.3, 0.4) is 0 Å². The molecule has 12 aromatic rings. The number of nitrogens with zero attached hydrogens (tertiary/aromatic N) is 3. The van der Waals surface area contributed by atoms with Crippen molar-refractivity contribution < 1.29 is 4.42 Å². The number of aromatic nitrogens is 3. The summed E-state index contributed by atoms with van der Waals surface area (Å²) in [6.07, 6.45) is 0. The molecule has 0 saturated heterocycles. The van der Waals surface area contributed by atoms with Crippen LogP contribution in [0.1, 0.15) is 0 Å². The second-order valence-electron chi connectivity index (χ2n) is 15.5. The Morgan fingerprint density at radius 3 is 1.46 bits per heavy atom. The summed E-state index contributed by atoms with van der Waals surface area (Å²) in [5, 5.41) is 9.45. The van der Waals surface area contributed by atoms with Crippen LogP contribution in [0, 0.1) is 0 Å². The Hall–Kier alpha value is -8.21. The standard InChI is InChI=1S/C57H35N3O/c1-3-14-36(15-4-1)42-32-33-43(45-19-8-7-18-44(42)45)40-30-31-41-35-51(46-20-9-10-21-47(46)52(41)34-40)37-26-28-39(29-27-37)56-58-55(38-16-5-2-6-17-38)59-57(60-56)50-24-13-23-49-48-22-11-12-25-53(48)61-54(49)50/h1-35H. The molecule has 2 heterocycles. The average molecular weight is 778 g/mol. The lowest BCUT2D eigenvalue weighted by Crippen LogP contribution is -2.00. The van der Waals surface area contributed by atoms with Gasteiger partial charge in [0.15, 0.2) is 17.5 Å². The molecule has 0 unspecified atom stereocenters. The molecule has 2 aromatic heterocycles. The smallest absolute Gasteiger partial charge is 0.167 e. The lowest BCUT2D eigenvalue weighted by atomic mass is 9.89. The monoisotopic (exact) mass is 777 g/mol. The van der Waals surface area contributed by atoms with Crippen molar-refractivity contribution in [3.63, 3.8) is 0 Å². The molecule has 4 heteroatoms. The van der Waals surface area contributed by atoms with Crippen molar-refractivity contribution in [3.05, 3.63) is 212 Å². The zero-order valence-corrected chi connectivity index (χ0v) is 33.0. The summed E-state index contributed by atoms with van der Waals surface area (Å²) < 4.78 is 6.42. The van der Waals surface area contributed by atoms with Gasteiger partial charge in [-0.05, 0) is 90.0 Å². The SMILES string of the molecule is c1ccc(-c2nc(-c3ccc(-c4cc5ccc(-c6ccc(-c7ccccc7)c7ccccc67)cc5c5ccccc45)cc3)nc(-c3cccc4c3oc3ccccc34)n2)cc1. The van der Waals surface area contributed by atoms with Crippen LogP contribution in [0.15, 0.2) is 217 Å². The van der Waals surface area contributed by atoms with Crippen LogP contribution in [0.5, 0.6) is 0 Å². The molecule has 0 saturated carbocycles. The maximum atomic E-state index is 6.42. The molecule has 0 radical (unpaired) electrons. The van der Waals surface area contributed by atoms with Crippen molar-refractivity contribution in [2.75, 3.05) is 0 Å². The zero-order valence-electron chi connectivity index (χ0n) is 33.0. The highest BCUT2D eigenvalue weighted by Gasteiger charge is 2.19. The zero-order chi connectivity index (χ0) is 40.3. The molecule has 0 bridgehead atoms. The molecule has 10 aromatic carbocycles. The number of para-hydroxylation sites is 2. The van der Waals surface area contributed by atoms with Crippen LogP contribution in [0.25, 0.3) is 122 Å². The van der Waals surface area contributed by atoms with Crippen molar-refractivity contribution in [2.24, 2.45) is 0 Å². The fourth-order valence-corrected chi connectivity index (χ4v) is 8.99. The molecule has 0 amide bonds. The summed E-state index contributed by atoms with van der Waals surface area (Å²) in [6.45, 7) is 0. The Balaban J connectivity index is 0.952. The number of hydrogen-bond acceptors (Lipinski definition) is 4. The van der Waals surface area contributed by atoms with E-state index >= 15 is 0 Å². The predicted molar refractivity (Wildman–Crippen MR) is 252 cm³/mol. The van der Waals surface area contributed by atoms with Crippen LogP contribution >= 0.6 is 0 Å². The summed E-state index contributed by atoms with van der Waals surface area (Å²) in [7, 11) is 0. The van der Waals surface area contributed by atoms with E-state index in [0.717, 1.165) is 44.2 Å². The molecule has 12 rings (SSSR count). The quantitative estimate of drug-likeness (QED) is 0.158. The molecular weight excluding hydrogens is 743 g/mol. The normalized spacial score (nSPS) is 11.6. The van der Waals surface area contributed by atoms with E-state index < -0.39 is 0 Å². The molecule has 0 aliphatic carbocycles. The third-order valence-electron chi connectivity index (χ3n) is 11.9. The fourth-order valence-electron chi connectivity index (χ4n) is 8.99. The Morgan fingerprint density at radius 1 is 0.262 bits per heavy atom. The van der Waals surface area contributed by atoms with Crippen molar-refractivity contribution >= 4 is 54.3 Å². The van der Waals surface area contributed by atoms with Gasteiger partial charge in [0.25, 0.3) is 0 Å². The second kappa shape index (κ2) is 14.3. The Morgan fingerprint density at radius 2 is 0.754 bits per heavy atom. The maximum absolute atomic E-state index is 6.42. The van der Waals surface area contributed by atoms with Gasteiger partial charge in [-0.2, -0.15) is 0 Å². The van der Waals surface area contributed by atoms with Gasteiger partial charge in [0.1, 0.15) is 11.2 Å². The summed E-state index contributed by atoms with van der Waals surface area (Å²) in [6, 6.07) is 74.9. The highest BCUT2D eigenvalue weighted by Crippen LogP contribution is 2.41. The Bertz CT molecular complexity index is 3630. The molecule has 0 spiro atoms. The fraction of sp³-hybridized carbons (Fsp3) is 0. The van der Waals surface area contributed by atoms with Crippen LogP contribution in [0.4, 0.5) is 0 Å². The average Bonchev–Trinajstić information content (AvgIpc) is 3.73. The Labute approximate surface area is 352 Å². The number of furan rings is 1. The van der Waals surface area contributed by atoms with E-state index in [2.05, 4.69) is 152 Å². The molecular formula is C57H35N3O. The lowest BCUT2D eigenvalue weighted by Gasteiger charge is -2.15. The van der Waals surface area contributed by atoms with Crippen LogP contribution in [-0.2, 0) is 0 Å². The van der Waals surface area contributed by atoms with E-state index in [1.54, 1.807) is 0 Å². The van der Waals surface area contributed by atoms with Crippen molar-refractivity contribution in [1.29, 1.82) is 0 Å². The van der Waals surface area contributed by atoms with Crippen molar-refractivity contribution in [2.45, 2.75) is 0 Å². The van der Waals surface area contributed by atoms with Gasteiger partial charge in [0.2, 0.25) is 0 Å². The first-order valence-corrected chi connectivity index (χ1v) is 20.6. The van der Waals surface area contributed by atoms with Gasteiger partial charge in [-0.15, -0.1) is 0 Å². The van der Waals surface area contributed by atoms with Gasteiger partial charge in [0, 0.05) is 21.9 Å². The third kappa shape index (κ3) is 5.96. The van der Waals surface area contributed by atoms with Gasteiger partial charge < -0.3 is 4.42 Å². The molecule has 284 valence electrons. The van der Waals surface area contributed by atoms with Gasteiger partial charge >= 0.3 is 0 Å². The first-order chi connectivity index (χ1) is 30.2. The molecule has 4 nitrogen and oxygen atoms in total. The molecule has 0 aliphatic heterocycles. The van der Waals surface area contributed by atoms with E-state index in [0.29, 0.717) is 17.5 Å². The molecule has 0 fully saturated rings. The number of rotatable bonds is 6. The predicted octanol–water partition coefficient (Wildman–Crippen LogP) is 15.2. The number of fused-ring (bicyclic) bond motifs is 7. The highest BCUT2D eigenvalue weighted by molar-refractivity contribution is 6.16. The lowest BCUT2D eigenvalue weighted by molar-refractivity contribution is 0.669. The van der Waals surface area contributed by atoms with E-state index in [1.165, 1.54) is 60.1 Å². The molecule has 0 aliphatic rings. The minimum atomic E-state index is 0.567.